The van der Waals surface area contributed by atoms with E-state index in [0.29, 0.717) is 12.1 Å². The summed E-state index contributed by atoms with van der Waals surface area (Å²) in [5, 5.41) is 3.01. The van der Waals surface area contributed by atoms with E-state index in [4.69, 9.17) is 0 Å². The van der Waals surface area contributed by atoms with Gasteiger partial charge in [0.15, 0.2) is 0 Å². The van der Waals surface area contributed by atoms with Crippen molar-refractivity contribution in [3.63, 3.8) is 0 Å². The van der Waals surface area contributed by atoms with Gasteiger partial charge in [-0.1, -0.05) is 24.3 Å². The fourth-order valence-electron chi connectivity index (χ4n) is 3.37. The van der Waals surface area contributed by atoms with Crippen LogP contribution in [0.15, 0.2) is 67.3 Å². The number of fused-ring (bicyclic) bond motifs is 1. The third-order valence-electron chi connectivity index (χ3n) is 4.83. The van der Waals surface area contributed by atoms with Crippen LogP contribution in [0.3, 0.4) is 0 Å². The summed E-state index contributed by atoms with van der Waals surface area (Å²) in [4.78, 5) is 21.0. The molecule has 6 nitrogen and oxygen atoms in total. The molecular weight excluding hydrogens is 350 g/mol. The molecule has 28 heavy (non-hydrogen) atoms. The van der Waals surface area contributed by atoms with Gasteiger partial charge in [-0.25, -0.2) is 9.97 Å². The van der Waals surface area contributed by atoms with Gasteiger partial charge in [-0.05, 0) is 43.2 Å². The van der Waals surface area contributed by atoms with Gasteiger partial charge in [-0.15, -0.1) is 0 Å². The molecule has 0 aliphatic carbocycles. The van der Waals surface area contributed by atoms with Gasteiger partial charge < -0.3 is 14.5 Å². The minimum absolute atomic E-state index is 0.0404. The van der Waals surface area contributed by atoms with E-state index in [1.807, 2.05) is 60.2 Å². The number of imidazole rings is 2. The monoisotopic (exact) mass is 373 g/mol. The fraction of sp³-hybridized carbons (Fsp3) is 0.227. The van der Waals surface area contributed by atoms with Gasteiger partial charge >= 0.3 is 0 Å². The number of benzene rings is 2. The normalized spacial score (nSPS) is 11.0. The summed E-state index contributed by atoms with van der Waals surface area (Å²) in [5.41, 5.74) is 3.97. The number of hydrogen-bond acceptors (Lipinski definition) is 3. The van der Waals surface area contributed by atoms with E-state index in [9.17, 15) is 4.79 Å². The number of rotatable bonds is 7. The number of nitrogens with one attached hydrogen (secondary N) is 1. The molecule has 0 saturated heterocycles. The lowest BCUT2D eigenvalue weighted by atomic mass is 10.1. The van der Waals surface area contributed by atoms with E-state index in [-0.39, 0.29) is 5.91 Å². The smallest absolute Gasteiger partial charge is 0.251 e. The number of hydrogen-bond donors (Lipinski definition) is 1. The first-order valence-electron chi connectivity index (χ1n) is 9.45. The minimum atomic E-state index is -0.0404. The summed E-state index contributed by atoms with van der Waals surface area (Å²) in [7, 11) is 0. The number of aryl methyl sites for hydroxylation is 2. The predicted octanol–water partition coefficient (Wildman–Crippen LogP) is 3.41. The van der Waals surface area contributed by atoms with E-state index in [2.05, 4.69) is 25.9 Å². The number of amides is 1. The van der Waals surface area contributed by atoms with Crippen molar-refractivity contribution in [2.24, 2.45) is 0 Å². The van der Waals surface area contributed by atoms with Crippen molar-refractivity contribution in [1.82, 2.24) is 24.4 Å². The van der Waals surface area contributed by atoms with Crippen LogP contribution in [-0.4, -0.2) is 31.6 Å². The van der Waals surface area contributed by atoms with Crippen molar-refractivity contribution in [2.45, 2.75) is 26.4 Å². The lowest BCUT2D eigenvalue weighted by Gasteiger charge is -2.09. The van der Waals surface area contributed by atoms with Crippen molar-refractivity contribution in [1.29, 1.82) is 0 Å². The Bertz CT molecular complexity index is 1060. The van der Waals surface area contributed by atoms with Crippen LogP contribution in [0.1, 0.15) is 28.2 Å². The van der Waals surface area contributed by atoms with E-state index in [0.717, 1.165) is 41.9 Å². The zero-order chi connectivity index (χ0) is 19.3. The summed E-state index contributed by atoms with van der Waals surface area (Å²) < 4.78 is 4.20. The average molecular weight is 373 g/mol. The summed E-state index contributed by atoms with van der Waals surface area (Å²) in [5.74, 6) is 0.961. The van der Waals surface area contributed by atoms with Crippen LogP contribution in [0.4, 0.5) is 0 Å². The Labute approximate surface area is 163 Å². The van der Waals surface area contributed by atoms with Crippen LogP contribution in [0.5, 0.6) is 0 Å². The van der Waals surface area contributed by atoms with Crippen molar-refractivity contribution in [3.05, 3.63) is 84.2 Å². The Morgan fingerprint density at radius 1 is 1.11 bits per heavy atom. The first-order chi connectivity index (χ1) is 13.7. The number of para-hydroxylation sites is 2. The molecule has 2 heterocycles. The van der Waals surface area contributed by atoms with Gasteiger partial charge in [0.2, 0.25) is 0 Å². The highest BCUT2D eigenvalue weighted by molar-refractivity contribution is 5.94. The highest BCUT2D eigenvalue weighted by atomic mass is 16.1. The predicted molar refractivity (Wildman–Crippen MR) is 109 cm³/mol. The SMILES string of the molecule is Cc1nc2ccccc2n1CCCNC(=O)c1ccc(Cn2ccnc2)cc1. The lowest BCUT2D eigenvalue weighted by molar-refractivity contribution is 0.0953. The summed E-state index contributed by atoms with van der Waals surface area (Å²) in [6.07, 6.45) is 6.32. The molecule has 0 aliphatic rings. The van der Waals surface area contributed by atoms with Gasteiger partial charge in [0.25, 0.3) is 5.91 Å². The minimum Gasteiger partial charge on any atom is -0.352 e. The van der Waals surface area contributed by atoms with Gasteiger partial charge in [0.05, 0.1) is 17.4 Å². The molecule has 0 unspecified atom stereocenters. The third kappa shape index (κ3) is 3.96. The molecule has 0 fully saturated rings. The van der Waals surface area contributed by atoms with Crippen LogP contribution in [-0.2, 0) is 13.1 Å². The van der Waals surface area contributed by atoms with Gasteiger partial charge in [-0.2, -0.15) is 0 Å². The molecule has 6 heteroatoms. The number of carbonyl (C=O) groups excluding carboxylic acids is 1. The molecule has 1 amide bonds. The third-order valence-corrected chi connectivity index (χ3v) is 4.83. The molecule has 0 bridgehead atoms. The van der Waals surface area contributed by atoms with Crippen molar-refractivity contribution >= 4 is 16.9 Å². The number of carbonyl (C=O) groups is 1. The molecule has 4 rings (SSSR count). The van der Waals surface area contributed by atoms with Gasteiger partial charge in [0, 0.05) is 37.6 Å². The van der Waals surface area contributed by atoms with Crippen molar-refractivity contribution < 1.29 is 4.79 Å². The lowest BCUT2D eigenvalue weighted by Crippen LogP contribution is -2.25. The highest BCUT2D eigenvalue weighted by Gasteiger charge is 2.08. The first-order valence-corrected chi connectivity index (χ1v) is 9.45. The molecule has 142 valence electrons. The Morgan fingerprint density at radius 2 is 1.93 bits per heavy atom. The summed E-state index contributed by atoms with van der Waals surface area (Å²) in [6, 6.07) is 15.8. The van der Waals surface area contributed by atoms with Crippen LogP contribution >= 0.6 is 0 Å². The Morgan fingerprint density at radius 3 is 2.71 bits per heavy atom. The maximum atomic E-state index is 12.4. The summed E-state index contributed by atoms with van der Waals surface area (Å²) >= 11 is 0. The molecule has 2 aromatic heterocycles. The van der Waals surface area contributed by atoms with E-state index in [1.54, 1.807) is 12.5 Å². The van der Waals surface area contributed by atoms with Crippen LogP contribution < -0.4 is 5.32 Å². The molecule has 0 atom stereocenters. The quantitative estimate of drug-likeness (QED) is 0.505. The second kappa shape index (κ2) is 8.08. The number of nitrogens with zero attached hydrogens (tertiary/aromatic N) is 4. The molecule has 0 aliphatic heterocycles. The summed E-state index contributed by atoms with van der Waals surface area (Å²) in [6.45, 7) is 4.22. The molecule has 0 radical (unpaired) electrons. The largest absolute Gasteiger partial charge is 0.352 e. The van der Waals surface area contributed by atoms with Gasteiger partial charge in [-0.3, -0.25) is 4.79 Å². The molecule has 0 saturated carbocycles. The standard InChI is InChI=1S/C22H23N5O/c1-17-25-20-5-2-3-6-21(20)27(17)13-4-11-24-22(28)19-9-7-18(8-10-19)15-26-14-12-23-16-26/h2-3,5-10,12,14,16H,4,11,13,15H2,1H3,(H,24,28). The molecule has 2 aromatic carbocycles. The topological polar surface area (TPSA) is 64.7 Å². The number of aromatic nitrogens is 4. The van der Waals surface area contributed by atoms with E-state index >= 15 is 0 Å². The second-order valence-corrected chi connectivity index (χ2v) is 6.84. The fourth-order valence-corrected chi connectivity index (χ4v) is 3.37. The van der Waals surface area contributed by atoms with E-state index < -0.39 is 0 Å². The molecule has 0 spiro atoms. The Kier molecular flexibility index (Phi) is 5.19. The molecule has 4 aromatic rings. The zero-order valence-corrected chi connectivity index (χ0v) is 15.9. The molecule has 1 N–H and O–H groups in total. The Balaban J connectivity index is 1.29. The maximum absolute atomic E-state index is 12.4. The van der Waals surface area contributed by atoms with Crippen LogP contribution in [0.2, 0.25) is 0 Å². The van der Waals surface area contributed by atoms with Gasteiger partial charge in [0.1, 0.15) is 5.82 Å². The Hall–Kier alpha value is -3.41. The average Bonchev–Trinajstić information content (AvgIpc) is 3.33. The van der Waals surface area contributed by atoms with Crippen molar-refractivity contribution in [2.75, 3.05) is 6.54 Å². The van der Waals surface area contributed by atoms with Crippen LogP contribution in [0.25, 0.3) is 11.0 Å². The first kappa shape index (κ1) is 18.0. The van der Waals surface area contributed by atoms with Crippen molar-refractivity contribution in [3.8, 4) is 0 Å². The van der Waals surface area contributed by atoms with Crippen LogP contribution in [0, 0.1) is 6.92 Å². The zero-order valence-electron chi connectivity index (χ0n) is 15.9. The van der Waals surface area contributed by atoms with E-state index in [1.165, 1.54) is 0 Å². The highest BCUT2D eigenvalue weighted by Crippen LogP contribution is 2.15. The second-order valence-electron chi connectivity index (χ2n) is 6.84. The maximum Gasteiger partial charge on any atom is 0.251 e. The molecular formula is C22H23N5O.